The quantitative estimate of drug-likeness (QED) is 0.676. The Labute approximate surface area is 175 Å². The van der Waals surface area contributed by atoms with Gasteiger partial charge in [0.2, 0.25) is 11.8 Å². The summed E-state index contributed by atoms with van der Waals surface area (Å²) in [5.74, 6) is 0.902. The lowest BCUT2D eigenvalue weighted by Gasteiger charge is -2.21. The van der Waals surface area contributed by atoms with Crippen LogP contribution in [-0.4, -0.2) is 25.0 Å². The van der Waals surface area contributed by atoms with Gasteiger partial charge in [-0.25, -0.2) is 0 Å². The number of carbonyl (C=O) groups excluding carboxylic acids is 2. The number of nitrogens with zero attached hydrogens (tertiary/aromatic N) is 1. The van der Waals surface area contributed by atoms with Crippen molar-refractivity contribution in [2.45, 2.75) is 13.0 Å². The van der Waals surface area contributed by atoms with E-state index in [1.165, 1.54) is 4.90 Å². The third-order valence-corrected chi connectivity index (χ3v) is 4.72. The molecule has 30 heavy (non-hydrogen) atoms. The molecule has 6 nitrogen and oxygen atoms in total. The Kier molecular flexibility index (Phi) is 5.94. The Morgan fingerprint density at radius 1 is 0.967 bits per heavy atom. The minimum absolute atomic E-state index is 0.0779. The van der Waals surface area contributed by atoms with Gasteiger partial charge in [-0.2, -0.15) is 0 Å². The molecular weight excluding hydrogens is 380 g/mol. The molecule has 0 unspecified atom stereocenters. The first-order valence-electron chi connectivity index (χ1n) is 9.78. The van der Waals surface area contributed by atoms with Gasteiger partial charge in [0.15, 0.2) is 0 Å². The number of benzene rings is 3. The largest absolute Gasteiger partial charge is 0.491 e. The van der Waals surface area contributed by atoms with E-state index in [2.05, 4.69) is 5.32 Å². The van der Waals surface area contributed by atoms with Crippen molar-refractivity contribution in [1.29, 1.82) is 0 Å². The number of anilines is 2. The SMILES string of the molecule is O=C(CN1C(=O)CCOc2ccccc21)Nc1ccc(OCc2ccccc2)cc1. The number of amides is 2. The third-order valence-electron chi connectivity index (χ3n) is 4.72. The van der Waals surface area contributed by atoms with E-state index in [9.17, 15) is 9.59 Å². The first-order valence-corrected chi connectivity index (χ1v) is 9.78. The Hall–Kier alpha value is -3.80. The standard InChI is InChI=1S/C24H22N2O4/c27-23(16-26-21-8-4-5-9-22(21)29-15-14-24(26)28)25-19-10-12-20(13-11-19)30-17-18-6-2-1-3-7-18/h1-13H,14-17H2,(H,25,27). The van der Waals surface area contributed by atoms with E-state index in [-0.39, 0.29) is 24.8 Å². The van der Waals surface area contributed by atoms with E-state index in [0.717, 1.165) is 5.56 Å². The van der Waals surface area contributed by atoms with Gasteiger partial charge in [0.25, 0.3) is 0 Å². The molecule has 1 aliphatic heterocycles. The van der Waals surface area contributed by atoms with Gasteiger partial charge in [-0.3, -0.25) is 14.5 Å². The van der Waals surface area contributed by atoms with Gasteiger partial charge in [0.05, 0.1) is 18.7 Å². The Balaban J connectivity index is 1.36. The van der Waals surface area contributed by atoms with Crippen LogP contribution in [0.1, 0.15) is 12.0 Å². The van der Waals surface area contributed by atoms with E-state index in [1.807, 2.05) is 42.5 Å². The van der Waals surface area contributed by atoms with Crippen molar-refractivity contribution in [3.63, 3.8) is 0 Å². The van der Waals surface area contributed by atoms with Crippen molar-refractivity contribution in [3.8, 4) is 11.5 Å². The molecule has 0 aromatic heterocycles. The predicted molar refractivity (Wildman–Crippen MR) is 115 cm³/mol. The topological polar surface area (TPSA) is 67.9 Å². The second-order valence-electron chi connectivity index (χ2n) is 6.89. The van der Waals surface area contributed by atoms with Crippen molar-refractivity contribution in [1.82, 2.24) is 0 Å². The maximum atomic E-state index is 12.6. The van der Waals surface area contributed by atoms with Gasteiger partial charge in [0.1, 0.15) is 24.7 Å². The number of para-hydroxylation sites is 2. The van der Waals surface area contributed by atoms with Crippen LogP contribution < -0.4 is 19.7 Å². The maximum absolute atomic E-state index is 12.6. The highest BCUT2D eigenvalue weighted by Crippen LogP contribution is 2.30. The van der Waals surface area contributed by atoms with Crippen molar-refractivity contribution < 1.29 is 19.1 Å². The average molecular weight is 402 g/mol. The van der Waals surface area contributed by atoms with Crippen molar-refractivity contribution in [2.24, 2.45) is 0 Å². The summed E-state index contributed by atoms with van der Waals surface area (Å²) in [5.41, 5.74) is 2.33. The molecule has 1 N–H and O–H groups in total. The lowest BCUT2D eigenvalue weighted by molar-refractivity contribution is -0.121. The number of fused-ring (bicyclic) bond motifs is 1. The number of rotatable bonds is 6. The molecular formula is C24H22N2O4. The minimum atomic E-state index is -0.280. The summed E-state index contributed by atoms with van der Waals surface area (Å²) >= 11 is 0. The number of hydrogen-bond acceptors (Lipinski definition) is 4. The van der Waals surface area contributed by atoms with Gasteiger partial charge in [0, 0.05) is 5.69 Å². The number of ether oxygens (including phenoxy) is 2. The third kappa shape index (κ3) is 4.78. The molecule has 3 aromatic carbocycles. The molecule has 0 radical (unpaired) electrons. The Morgan fingerprint density at radius 2 is 1.70 bits per heavy atom. The van der Waals surface area contributed by atoms with Crippen LogP contribution in [0.25, 0.3) is 0 Å². The zero-order chi connectivity index (χ0) is 20.8. The molecule has 1 aliphatic rings. The summed E-state index contributed by atoms with van der Waals surface area (Å²) in [7, 11) is 0. The lowest BCUT2D eigenvalue weighted by Crippen LogP contribution is -2.37. The zero-order valence-corrected chi connectivity index (χ0v) is 16.4. The Morgan fingerprint density at radius 3 is 2.50 bits per heavy atom. The molecule has 4 rings (SSSR count). The number of nitrogens with one attached hydrogen (secondary N) is 1. The molecule has 152 valence electrons. The number of hydrogen-bond donors (Lipinski definition) is 1. The summed E-state index contributed by atoms with van der Waals surface area (Å²) < 4.78 is 11.4. The van der Waals surface area contributed by atoms with E-state index < -0.39 is 0 Å². The van der Waals surface area contributed by atoms with Crippen LogP contribution in [0, 0.1) is 0 Å². The van der Waals surface area contributed by atoms with Crippen LogP contribution in [0.15, 0.2) is 78.9 Å². The van der Waals surface area contributed by atoms with Crippen LogP contribution in [0.3, 0.4) is 0 Å². The fraction of sp³-hybridized carbons (Fsp3) is 0.167. The Bertz CT molecular complexity index is 1020. The van der Waals surface area contributed by atoms with Gasteiger partial charge < -0.3 is 14.8 Å². The monoisotopic (exact) mass is 402 g/mol. The van der Waals surface area contributed by atoms with Crippen LogP contribution in [0.5, 0.6) is 11.5 Å². The summed E-state index contributed by atoms with van der Waals surface area (Å²) in [5, 5.41) is 2.83. The molecule has 6 heteroatoms. The molecule has 0 saturated carbocycles. The minimum Gasteiger partial charge on any atom is -0.491 e. The van der Waals surface area contributed by atoms with Gasteiger partial charge in [-0.05, 0) is 42.0 Å². The van der Waals surface area contributed by atoms with Crippen LogP contribution in [0.4, 0.5) is 11.4 Å². The van der Waals surface area contributed by atoms with Crippen LogP contribution in [0.2, 0.25) is 0 Å². The van der Waals surface area contributed by atoms with Crippen molar-refractivity contribution >= 4 is 23.2 Å². The van der Waals surface area contributed by atoms with E-state index in [0.29, 0.717) is 36.1 Å². The van der Waals surface area contributed by atoms with Gasteiger partial charge in [-0.1, -0.05) is 42.5 Å². The van der Waals surface area contributed by atoms with Crippen LogP contribution >= 0.6 is 0 Å². The average Bonchev–Trinajstić information content (AvgIpc) is 2.93. The highest BCUT2D eigenvalue weighted by molar-refractivity contribution is 6.03. The van der Waals surface area contributed by atoms with E-state index in [1.54, 1.807) is 36.4 Å². The molecule has 0 fully saturated rings. The lowest BCUT2D eigenvalue weighted by atomic mass is 10.2. The normalized spacial score (nSPS) is 13.1. The van der Waals surface area contributed by atoms with Crippen LogP contribution in [-0.2, 0) is 16.2 Å². The van der Waals surface area contributed by atoms with Gasteiger partial charge >= 0.3 is 0 Å². The second-order valence-corrected chi connectivity index (χ2v) is 6.89. The molecule has 3 aromatic rings. The summed E-state index contributed by atoms with van der Waals surface area (Å²) in [4.78, 5) is 26.5. The first kappa shape index (κ1) is 19.5. The number of carbonyl (C=O) groups is 2. The summed E-state index contributed by atoms with van der Waals surface area (Å²) in [6.07, 6.45) is 0.232. The molecule has 0 aliphatic carbocycles. The first-order chi connectivity index (χ1) is 14.7. The molecule has 0 saturated heterocycles. The molecule has 2 amide bonds. The highest BCUT2D eigenvalue weighted by atomic mass is 16.5. The van der Waals surface area contributed by atoms with E-state index >= 15 is 0 Å². The molecule has 0 atom stereocenters. The van der Waals surface area contributed by atoms with Crippen molar-refractivity contribution in [3.05, 3.63) is 84.4 Å². The maximum Gasteiger partial charge on any atom is 0.244 e. The zero-order valence-electron chi connectivity index (χ0n) is 16.4. The molecule has 0 bridgehead atoms. The summed E-state index contributed by atoms with van der Waals surface area (Å²) in [6, 6.07) is 24.3. The molecule has 1 heterocycles. The second kappa shape index (κ2) is 9.13. The smallest absolute Gasteiger partial charge is 0.244 e. The van der Waals surface area contributed by atoms with E-state index in [4.69, 9.17) is 9.47 Å². The van der Waals surface area contributed by atoms with Gasteiger partial charge in [-0.15, -0.1) is 0 Å². The fourth-order valence-electron chi connectivity index (χ4n) is 3.21. The summed E-state index contributed by atoms with van der Waals surface area (Å²) in [6.45, 7) is 0.703. The fourth-order valence-corrected chi connectivity index (χ4v) is 3.21. The highest BCUT2D eigenvalue weighted by Gasteiger charge is 2.25. The van der Waals surface area contributed by atoms with Crippen molar-refractivity contribution in [2.75, 3.05) is 23.4 Å². The molecule has 0 spiro atoms. The predicted octanol–water partition coefficient (Wildman–Crippen LogP) is 4.02.